The number of pyridine rings is 1. The molecule has 2 aromatic heterocycles. The van der Waals surface area contributed by atoms with Crippen LogP contribution < -0.4 is 10.6 Å². The summed E-state index contributed by atoms with van der Waals surface area (Å²) in [5, 5.41) is 10.1. The van der Waals surface area contributed by atoms with Gasteiger partial charge in [-0.25, -0.2) is 0 Å². The van der Waals surface area contributed by atoms with Gasteiger partial charge in [-0.15, -0.1) is 0 Å². The Labute approximate surface area is 111 Å². The van der Waals surface area contributed by atoms with Crippen LogP contribution in [0.15, 0.2) is 24.5 Å². The van der Waals surface area contributed by atoms with Gasteiger partial charge >= 0.3 is 0 Å². The maximum atomic E-state index is 12.1. The second-order valence-corrected chi connectivity index (χ2v) is 4.22. The lowest BCUT2D eigenvalue weighted by molar-refractivity contribution is 0.102. The predicted molar refractivity (Wildman–Crippen MR) is 74.3 cm³/mol. The number of nitrogens with one attached hydrogen (secondary N) is 2. The molecule has 0 aliphatic heterocycles. The molecule has 0 aliphatic carbocycles. The number of carbonyl (C=O) groups excluding carboxylic acids is 1. The number of nitrogens with zero attached hydrogens (tertiary/aromatic N) is 3. The van der Waals surface area contributed by atoms with Crippen molar-refractivity contribution in [2.24, 2.45) is 7.05 Å². The van der Waals surface area contributed by atoms with Gasteiger partial charge in [0.05, 0.1) is 11.4 Å². The van der Waals surface area contributed by atoms with Crippen molar-refractivity contribution in [2.45, 2.75) is 13.8 Å². The van der Waals surface area contributed by atoms with Gasteiger partial charge in [0.2, 0.25) is 0 Å². The minimum absolute atomic E-state index is 0.240. The van der Waals surface area contributed by atoms with Crippen LogP contribution in [0.2, 0.25) is 0 Å². The SMILES string of the molecule is CCNc1ccnc(C(=O)Nc2cn(C)nc2C)c1. The largest absolute Gasteiger partial charge is 0.385 e. The first kappa shape index (κ1) is 13.1. The summed E-state index contributed by atoms with van der Waals surface area (Å²) in [5.74, 6) is -0.240. The highest BCUT2D eigenvalue weighted by Crippen LogP contribution is 2.14. The molecule has 2 heterocycles. The normalized spacial score (nSPS) is 10.3. The fourth-order valence-electron chi connectivity index (χ4n) is 1.78. The Morgan fingerprint density at radius 2 is 2.26 bits per heavy atom. The maximum absolute atomic E-state index is 12.1. The van der Waals surface area contributed by atoms with Crippen molar-refractivity contribution >= 4 is 17.3 Å². The van der Waals surface area contributed by atoms with E-state index in [0.29, 0.717) is 11.4 Å². The van der Waals surface area contributed by atoms with Gasteiger partial charge in [0.25, 0.3) is 5.91 Å². The van der Waals surface area contributed by atoms with Crippen LogP contribution in [0.5, 0.6) is 0 Å². The van der Waals surface area contributed by atoms with Gasteiger partial charge in [-0.2, -0.15) is 5.10 Å². The number of rotatable bonds is 4. The summed E-state index contributed by atoms with van der Waals surface area (Å²) in [4.78, 5) is 16.2. The maximum Gasteiger partial charge on any atom is 0.274 e. The minimum Gasteiger partial charge on any atom is -0.385 e. The van der Waals surface area contributed by atoms with Crippen molar-refractivity contribution in [3.63, 3.8) is 0 Å². The second kappa shape index (κ2) is 5.51. The number of hydrogen-bond donors (Lipinski definition) is 2. The van der Waals surface area contributed by atoms with Crippen LogP contribution in [0.25, 0.3) is 0 Å². The van der Waals surface area contributed by atoms with E-state index in [0.717, 1.165) is 17.9 Å². The number of aromatic nitrogens is 3. The average Bonchev–Trinajstić information content (AvgIpc) is 2.68. The Balaban J connectivity index is 2.15. The standard InChI is InChI=1S/C13H17N5O/c1-4-14-10-5-6-15-11(7-10)13(19)16-12-8-18(3)17-9(12)2/h5-8H,4H2,1-3H3,(H,14,15)(H,16,19). The van der Waals surface area contributed by atoms with E-state index in [4.69, 9.17) is 0 Å². The molecular formula is C13H17N5O. The zero-order valence-corrected chi connectivity index (χ0v) is 11.3. The zero-order chi connectivity index (χ0) is 13.8. The highest BCUT2D eigenvalue weighted by atomic mass is 16.1. The molecule has 0 aliphatic rings. The molecule has 0 bridgehead atoms. The fourth-order valence-corrected chi connectivity index (χ4v) is 1.78. The van der Waals surface area contributed by atoms with E-state index in [1.807, 2.05) is 27.0 Å². The Morgan fingerprint density at radius 3 is 2.89 bits per heavy atom. The Bertz CT molecular complexity index is 590. The van der Waals surface area contributed by atoms with E-state index in [1.54, 1.807) is 23.1 Å². The summed E-state index contributed by atoms with van der Waals surface area (Å²) in [7, 11) is 1.81. The van der Waals surface area contributed by atoms with Crippen LogP contribution in [0, 0.1) is 6.92 Å². The first-order chi connectivity index (χ1) is 9.10. The molecule has 0 spiro atoms. The van der Waals surface area contributed by atoms with Crippen LogP contribution in [-0.4, -0.2) is 27.2 Å². The van der Waals surface area contributed by atoms with Crippen LogP contribution >= 0.6 is 0 Å². The summed E-state index contributed by atoms with van der Waals surface area (Å²) < 4.78 is 1.66. The van der Waals surface area contributed by atoms with Gasteiger partial charge in [0, 0.05) is 31.7 Å². The molecule has 2 rings (SSSR count). The summed E-state index contributed by atoms with van der Waals surface area (Å²) in [6.07, 6.45) is 3.38. The molecule has 2 aromatic rings. The summed E-state index contributed by atoms with van der Waals surface area (Å²) in [6.45, 7) is 4.64. The lowest BCUT2D eigenvalue weighted by Gasteiger charge is -2.06. The van der Waals surface area contributed by atoms with Gasteiger partial charge < -0.3 is 10.6 Å². The second-order valence-electron chi connectivity index (χ2n) is 4.22. The molecule has 6 heteroatoms. The van der Waals surface area contributed by atoms with Gasteiger partial charge in [-0.1, -0.05) is 0 Å². The molecule has 0 unspecified atom stereocenters. The lowest BCUT2D eigenvalue weighted by atomic mass is 10.3. The monoisotopic (exact) mass is 259 g/mol. The highest BCUT2D eigenvalue weighted by Gasteiger charge is 2.11. The van der Waals surface area contributed by atoms with Crippen LogP contribution in [0.3, 0.4) is 0 Å². The quantitative estimate of drug-likeness (QED) is 0.878. The topological polar surface area (TPSA) is 71.8 Å². The number of amides is 1. The number of aryl methyl sites for hydroxylation is 2. The van der Waals surface area contributed by atoms with Crippen LogP contribution in [0.4, 0.5) is 11.4 Å². The van der Waals surface area contributed by atoms with E-state index in [9.17, 15) is 4.79 Å². The van der Waals surface area contributed by atoms with E-state index in [-0.39, 0.29) is 5.91 Å². The molecule has 0 aromatic carbocycles. The molecule has 2 N–H and O–H groups in total. The minimum atomic E-state index is -0.240. The van der Waals surface area contributed by atoms with Gasteiger partial charge in [0.1, 0.15) is 5.69 Å². The molecular weight excluding hydrogens is 242 g/mol. The molecule has 0 saturated carbocycles. The summed E-state index contributed by atoms with van der Waals surface area (Å²) in [6, 6.07) is 3.56. The molecule has 19 heavy (non-hydrogen) atoms. The first-order valence-corrected chi connectivity index (χ1v) is 6.11. The van der Waals surface area contributed by atoms with Crippen molar-refractivity contribution < 1.29 is 4.79 Å². The zero-order valence-electron chi connectivity index (χ0n) is 11.3. The third-order valence-corrected chi connectivity index (χ3v) is 2.64. The molecule has 0 saturated heterocycles. The van der Waals surface area contributed by atoms with Crippen molar-refractivity contribution in [3.8, 4) is 0 Å². The van der Waals surface area contributed by atoms with E-state index >= 15 is 0 Å². The Hall–Kier alpha value is -2.37. The van der Waals surface area contributed by atoms with Crippen LogP contribution in [0.1, 0.15) is 23.1 Å². The van der Waals surface area contributed by atoms with Crippen LogP contribution in [-0.2, 0) is 7.05 Å². The lowest BCUT2D eigenvalue weighted by Crippen LogP contribution is -2.14. The van der Waals surface area contributed by atoms with Gasteiger partial charge in [-0.05, 0) is 26.0 Å². The molecule has 1 amide bonds. The number of carbonyl (C=O) groups is 1. The third kappa shape index (κ3) is 3.09. The number of hydrogen-bond acceptors (Lipinski definition) is 4. The van der Waals surface area contributed by atoms with Crippen molar-refractivity contribution in [2.75, 3.05) is 17.2 Å². The first-order valence-electron chi connectivity index (χ1n) is 6.11. The molecule has 100 valence electrons. The summed E-state index contributed by atoms with van der Waals surface area (Å²) in [5.41, 5.74) is 2.73. The molecule has 0 radical (unpaired) electrons. The van der Waals surface area contributed by atoms with Crippen molar-refractivity contribution in [1.82, 2.24) is 14.8 Å². The van der Waals surface area contributed by atoms with Gasteiger partial charge in [-0.3, -0.25) is 14.5 Å². The molecule has 0 atom stereocenters. The fraction of sp³-hybridized carbons (Fsp3) is 0.308. The smallest absolute Gasteiger partial charge is 0.274 e. The van der Waals surface area contributed by atoms with E-state index in [2.05, 4.69) is 20.7 Å². The molecule has 6 nitrogen and oxygen atoms in total. The predicted octanol–water partition coefficient (Wildman–Crippen LogP) is 1.81. The Kier molecular flexibility index (Phi) is 3.79. The number of anilines is 2. The summed E-state index contributed by atoms with van der Waals surface area (Å²) >= 11 is 0. The third-order valence-electron chi connectivity index (χ3n) is 2.64. The molecule has 0 fully saturated rings. The highest BCUT2D eigenvalue weighted by molar-refractivity contribution is 6.03. The van der Waals surface area contributed by atoms with E-state index in [1.165, 1.54) is 0 Å². The van der Waals surface area contributed by atoms with Crippen molar-refractivity contribution in [1.29, 1.82) is 0 Å². The van der Waals surface area contributed by atoms with Crippen molar-refractivity contribution in [3.05, 3.63) is 35.9 Å². The average molecular weight is 259 g/mol. The Morgan fingerprint density at radius 1 is 1.47 bits per heavy atom. The van der Waals surface area contributed by atoms with E-state index < -0.39 is 0 Å². The van der Waals surface area contributed by atoms with Gasteiger partial charge in [0.15, 0.2) is 0 Å².